The molecule has 0 bridgehead atoms. The topological polar surface area (TPSA) is 63.6 Å². The van der Waals surface area contributed by atoms with E-state index in [-0.39, 0.29) is 5.57 Å². The summed E-state index contributed by atoms with van der Waals surface area (Å²) in [4.78, 5) is 19.3. The minimum Gasteiger partial charge on any atom is -0.452 e. The van der Waals surface area contributed by atoms with Gasteiger partial charge in [0.2, 0.25) is 7.37 Å². The lowest BCUT2D eigenvalue weighted by molar-refractivity contribution is -0.137. The second-order valence-electron chi connectivity index (χ2n) is 2.39. The molecule has 4 nitrogen and oxygen atoms in total. The maximum Gasteiger partial charge on any atom is 0.333 e. The molecule has 0 amide bonds. The lowest BCUT2D eigenvalue weighted by Crippen LogP contribution is -2.05. The third-order valence-electron chi connectivity index (χ3n) is 0.784. The van der Waals surface area contributed by atoms with Crippen molar-refractivity contribution < 1.29 is 19.0 Å². The summed E-state index contributed by atoms with van der Waals surface area (Å²) in [5, 5.41) is 0. The summed E-state index contributed by atoms with van der Waals surface area (Å²) in [5.74, 6) is -0.638. The first-order valence-corrected chi connectivity index (χ1v) is 5.24. The van der Waals surface area contributed by atoms with Crippen LogP contribution in [0, 0.1) is 0 Å². The van der Waals surface area contributed by atoms with Gasteiger partial charge in [0, 0.05) is 12.2 Å². The number of carbonyl (C=O) groups excluding carboxylic acids is 1. The Balaban J connectivity index is 3.82. The fourth-order valence-corrected chi connectivity index (χ4v) is 0.658. The quantitative estimate of drug-likeness (QED) is 0.397. The number of esters is 1. The van der Waals surface area contributed by atoms with E-state index in [0.29, 0.717) is 0 Å². The van der Waals surface area contributed by atoms with Gasteiger partial charge >= 0.3 is 5.97 Å². The van der Waals surface area contributed by atoms with Gasteiger partial charge in [-0.3, -0.25) is 4.57 Å². The highest BCUT2D eigenvalue weighted by Gasteiger charge is 2.13. The molecule has 0 aliphatic rings. The maximum absolute atomic E-state index is 10.6. The molecule has 5 heteroatoms. The van der Waals surface area contributed by atoms with E-state index in [1.807, 2.05) is 0 Å². The second kappa shape index (κ2) is 3.69. The molecule has 1 atom stereocenters. The van der Waals surface area contributed by atoms with Crippen molar-refractivity contribution in [3.63, 3.8) is 0 Å². The second-order valence-corrected chi connectivity index (χ2v) is 4.75. The van der Waals surface area contributed by atoms with E-state index in [0.717, 1.165) is 6.66 Å². The molecular formula is C6H11O4P. The fraction of sp³-hybridized carbons (Fsp3) is 0.500. The highest BCUT2D eigenvalue weighted by molar-refractivity contribution is 7.56. The zero-order chi connectivity index (χ0) is 9.07. The van der Waals surface area contributed by atoms with Gasteiger partial charge in [0.15, 0.2) is 6.35 Å². The van der Waals surface area contributed by atoms with Crippen LogP contribution in [0.5, 0.6) is 0 Å². The van der Waals surface area contributed by atoms with Gasteiger partial charge in [0.05, 0.1) is 0 Å². The summed E-state index contributed by atoms with van der Waals surface area (Å²) in [6, 6.07) is 0. The normalized spacial score (nSPS) is 15.2. The Morgan fingerprint density at radius 2 is 2.18 bits per heavy atom. The van der Waals surface area contributed by atoms with Gasteiger partial charge in [0.25, 0.3) is 0 Å². The summed E-state index contributed by atoms with van der Waals surface area (Å²) in [6.07, 6.45) is -0.446. The van der Waals surface area contributed by atoms with Crippen molar-refractivity contribution in [1.29, 1.82) is 0 Å². The van der Waals surface area contributed by atoms with E-state index in [2.05, 4.69) is 11.3 Å². The van der Waals surface area contributed by atoms with Crippen LogP contribution in [0.1, 0.15) is 6.92 Å². The van der Waals surface area contributed by atoms with Crippen molar-refractivity contribution in [1.82, 2.24) is 0 Å². The largest absolute Gasteiger partial charge is 0.452 e. The SMILES string of the molecule is C=C(C)C(=O)OCP(C)(=O)O. The Morgan fingerprint density at radius 1 is 1.73 bits per heavy atom. The smallest absolute Gasteiger partial charge is 0.333 e. The number of hydrogen-bond donors (Lipinski definition) is 1. The van der Waals surface area contributed by atoms with Crippen molar-refractivity contribution in [2.24, 2.45) is 0 Å². The zero-order valence-corrected chi connectivity index (χ0v) is 7.43. The third kappa shape index (κ3) is 5.83. The Kier molecular flexibility index (Phi) is 3.49. The molecule has 0 aromatic carbocycles. The van der Waals surface area contributed by atoms with E-state index < -0.39 is 19.7 Å². The van der Waals surface area contributed by atoms with Gasteiger partial charge in [-0.2, -0.15) is 0 Å². The van der Waals surface area contributed by atoms with Crippen LogP contribution in [-0.2, 0) is 14.1 Å². The van der Waals surface area contributed by atoms with Crippen molar-refractivity contribution in [2.75, 3.05) is 13.0 Å². The predicted octanol–water partition coefficient (Wildman–Crippen LogP) is 0.963. The van der Waals surface area contributed by atoms with Crippen LogP contribution in [0.15, 0.2) is 12.2 Å². The van der Waals surface area contributed by atoms with Gasteiger partial charge < -0.3 is 9.63 Å². The molecule has 1 unspecified atom stereocenters. The Hall–Kier alpha value is -0.600. The average Bonchev–Trinajstić information content (AvgIpc) is 1.80. The van der Waals surface area contributed by atoms with Crippen molar-refractivity contribution in [3.05, 3.63) is 12.2 Å². The molecule has 0 saturated heterocycles. The molecule has 0 aliphatic heterocycles. The monoisotopic (exact) mass is 178 g/mol. The third-order valence-corrected chi connectivity index (χ3v) is 1.39. The van der Waals surface area contributed by atoms with Gasteiger partial charge in [-0.05, 0) is 6.92 Å². The first-order chi connectivity index (χ1) is 4.83. The lowest BCUT2D eigenvalue weighted by Gasteiger charge is -2.05. The maximum atomic E-state index is 10.6. The number of hydrogen-bond acceptors (Lipinski definition) is 3. The molecule has 0 saturated carbocycles. The predicted molar refractivity (Wildman–Crippen MR) is 41.5 cm³/mol. The Morgan fingerprint density at radius 3 is 2.45 bits per heavy atom. The fourth-order valence-electron chi connectivity index (χ4n) is 0.302. The van der Waals surface area contributed by atoms with Crippen molar-refractivity contribution in [3.8, 4) is 0 Å². The lowest BCUT2D eigenvalue weighted by atomic mass is 10.4. The van der Waals surface area contributed by atoms with Crippen LogP contribution in [0.2, 0.25) is 0 Å². The summed E-state index contributed by atoms with van der Waals surface area (Å²) in [7, 11) is -3.24. The molecule has 0 radical (unpaired) electrons. The van der Waals surface area contributed by atoms with Crippen LogP contribution in [0.4, 0.5) is 0 Å². The Labute approximate surface area is 65.3 Å². The van der Waals surface area contributed by atoms with Gasteiger partial charge in [-0.25, -0.2) is 4.79 Å². The molecule has 0 rings (SSSR count). The molecule has 1 N–H and O–H groups in total. The summed E-state index contributed by atoms with van der Waals surface area (Å²) in [6.45, 7) is 5.91. The van der Waals surface area contributed by atoms with Crippen molar-refractivity contribution >= 4 is 13.3 Å². The minimum absolute atomic E-state index is 0.221. The van der Waals surface area contributed by atoms with Crippen LogP contribution in [-0.4, -0.2) is 23.9 Å². The standard InChI is InChI=1S/C6H11O4P/c1-5(2)6(7)10-4-11(3,8)9/h1,4H2,2-3H3,(H,8,9). The number of rotatable bonds is 3. The average molecular weight is 178 g/mol. The zero-order valence-electron chi connectivity index (χ0n) is 6.53. The molecule has 0 aromatic rings. The molecule has 0 heterocycles. The van der Waals surface area contributed by atoms with Crippen LogP contribution < -0.4 is 0 Å². The molecule has 64 valence electrons. The van der Waals surface area contributed by atoms with Gasteiger partial charge in [-0.15, -0.1) is 0 Å². The van der Waals surface area contributed by atoms with Crippen LogP contribution in [0.25, 0.3) is 0 Å². The summed E-state index contributed by atoms with van der Waals surface area (Å²) >= 11 is 0. The number of carbonyl (C=O) groups is 1. The Bertz CT molecular complexity index is 215. The molecule has 0 aliphatic carbocycles. The summed E-state index contributed by atoms with van der Waals surface area (Å²) in [5.41, 5.74) is 0.221. The molecule has 11 heavy (non-hydrogen) atoms. The van der Waals surface area contributed by atoms with Crippen LogP contribution >= 0.6 is 7.37 Å². The van der Waals surface area contributed by atoms with Crippen molar-refractivity contribution in [2.45, 2.75) is 6.92 Å². The van der Waals surface area contributed by atoms with Gasteiger partial charge in [0.1, 0.15) is 0 Å². The molecular weight excluding hydrogens is 167 g/mol. The van der Waals surface area contributed by atoms with E-state index in [1.54, 1.807) is 0 Å². The van der Waals surface area contributed by atoms with E-state index in [9.17, 15) is 9.36 Å². The molecule has 0 spiro atoms. The highest BCUT2D eigenvalue weighted by Crippen LogP contribution is 2.34. The van der Waals surface area contributed by atoms with E-state index in [1.165, 1.54) is 6.92 Å². The molecule has 0 aromatic heterocycles. The minimum atomic E-state index is -3.24. The van der Waals surface area contributed by atoms with Crippen LogP contribution in [0.3, 0.4) is 0 Å². The first kappa shape index (κ1) is 10.4. The van der Waals surface area contributed by atoms with Gasteiger partial charge in [-0.1, -0.05) is 6.58 Å². The highest BCUT2D eigenvalue weighted by atomic mass is 31.2. The number of ether oxygens (including phenoxy) is 1. The first-order valence-electron chi connectivity index (χ1n) is 2.95. The van der Waals surface area contributed by atoms with E-state index in [4.69, 9.17) is 4.89 Å². The summed E-state index contributed by atoms with van der Waals surface area (Å²) < 4.78 is 15.0. The molecule has 0 fully saturated rings. The van der Waals surface area contributed by atoms with E-state index >= 15 is 0 Å².